The third kappa shape index (κ3) is 4.47. The average molecular weight is 611 g/mol. The highest BCUT2D eigenvalue weighted by Crippen LogP contribution is 2.57. The van der Waals surface area contributed by atoms with Crippen molar-refractivity contribution >= 4 is 47.6 Å². The van der Waals surface area contributed by atoms with Gasteiger partial charge in [-0.2, -0.15) is 15.0 Å². The molecule has 9 atom stereocenters. The molecule has 0 saturated carbocycles. The van der Waals surface area contributed by atoms with Crippen LogP contribution < -0.4 is 22.8 Å². The largest absolute Gasteiger partial charge is 0.394 e. The van der Waals surface area contributed by atoms with Crippen LogP contribution in [0.1, 0.15) is 12.5 Å². The number of aromatic nitrogens is 8. The number of nitrogen functional groups attached to an aromatic ring is 3. The Balaban J connectivity index is 1.25. The smallest absolute Gasteiger partial charge is 0.338 e. The van der Waals surface area contributed by atoms with E-state index in [0.717, 1.165) is 10.9 Å². The number of aromatic amines is 1. The van der Waals surface area contributed by atoms with Gasteiger partial charge in [0.1, 0.15) is 41.7 Å². The monoisotopic (exact) mass is 611 g/mol. The first-order chi connectivity index (χ1) is 19.9. The van der Waals surface area contributed by atoms with Gasteiger partial charge in [-0.05, 0) is 0 Å². The zero-order valence-electron chi connectivity index (χ0n) is 21.3. The molecule has 6 rings (SSSR count). The van der Waals surface area contributed by atoms with Crippen LogP contribution in [0.15, 0.2) is 17.4 Å². The Hall–Kier alpha value is -3.79. The Morgan fingerprint density at radius 3 is 2.29 bits per heavy atom. The number of aliphatic hydroxyl groups excluding tert-OH is 4. The van der Waals surface area contributed by atoms with Gasteiger partial charge in [-0.3, -0.25) is 23.5 Å². The van der Waals surface area contributed by atoms with E-state index < -0.39 is 75.0 Å². The lowest BCUT2D eigenvalue weighted by Gasteiger charge is -2.27. The van der Waals surface area contributed by atoms with Crippen molar-refractivity contribution in [3.8, 4) is 0 Å². The quantitative estimate of drug-likeness (QED) is 0.0902. The molecular formula is C20H26N11O10P. The molecule has 226 valence electrons. The van der Waals surface area contributed by atoms with Crippen molar-refractivity contribution in [2.75, 3.05) is 30.4 Å². The molecule has 1 unspecified atom stereocenters. The van der Waals surface area contributed by atoms with Gasteiger partial charge in [0, 0.05) is 0 Å². The fourth-order valence-corrected chi connectivity index (χ4v) is 6.75. The molecule has 42 heavy (non-hydrogen) atoms. The number of rotatable bonds is 7. The minimum Gasteiger partial charge on any atom is -0.394 e. The van der Waals surface area contributed by atoms with E-state index in [1.165, 1.54) is 10.9 Å². The molecule has 4 aromatic heterocycles. The summed E-state index contributed by atoms with van der Waals surface area (Å²) in [5, 5.41) is 41.9. The number of aliphatic hydroxyl groups is 4. The highest BCUT2D eigenvalue weighted by molar-refractivity contribution is 7.53. The number of fused-ring (bicyclic) bond motifs is 2. The van der Waals surface area contributed by atoms with E-state index in [2.05, 4.69) is 29.9 Å². The van der Waals surface area contributed by atoms with E-state index in [4.69, 9.17) is 31.2 Å². The molecule has 4 aromatic rings. The molecule has 2 fully saturated rings. The normalized spacial score (nSPS) is 31.3. The van der Waals surface area contributed by atoms with Crippen molar-refractivity contribution in [3.63, 3.8) is 0 Å². The summed E-state index contributed by atoms with van der Waals surface area (Å²) in [6.07, 6.45) is -8.00. The van der Waals surface area contributed by atoms with Gasteiger partial charge in [-0.15, -0.1) is 0 Å². The topological polar surface area (TPSA) is 331 Å². The fourth-order valence-electron chi connectivity index (χ4n) is 5.10. The molecule has 12 N–H and O–H groups in total. The van der Waals surface area contributed by atoms with E-state index in [1.807, 2.05) is 0 Å². The number of hydrogen-bond acceptors (Lipinski definition) is 17. The SMILES string of the molecule is Nc1nc(N)c2ncn([C@@H]3O[C@H](COP(=O)(O)[C@@H]4[C@H](O)[C@@H](CO)O[C@H]4n4cnc5c(=O)[nH]c(N)nc54)[C@@H](O)[C@H]3O)c2n1. The lowest BCUT2D eigenvalue weighted by molar-refractivity contribution is -0.0496. The molecule has 0 aliphatic carbocycles. The molecule has 2 aliphatic heterocycles. The molecule has 0 spiro atoms. The molecule has 0 amide bonds. The zero-order valence-corrected chi connectivity index (χ0v) is 22.2. The fraction of sp³-hybridized carbons (Fsp3) is 0.500. The highest BCUT2D eigenvalue weighted by atomic mass is 31.2. The number of nitrogens with zero attached hydrogens (tertiary/aromatic N) is 7. The lowest BCUT2D eigenvalue weighted by Crippen LogP contribution is -2.36. The second-order valence-electron chi connectivity index (χ2n) is 9.70. The molecule has 6 heterocycles. The number of imidazole rings is 2. The van der Waals surface area contributed by atoms with Gasteiger partial charge in [-0.25, -0.2) is 9.97 Å². The number of hydrogen-bond donors (Lipinski definition) is 9. The number of H-pyrrole nitrogens is 1. The van der Waals surface area contributed by atoms with Gasteiger partial charge in [0.15, 0.2) is 35.1 Å². The minimum absolute atomic E-state index is 0.0216. The van der Waals surface area contributed by atoms with Crippen LogP contribution in [0.25, 0.3) is 22.3 Å². The summed E-state index contributed by atoms with van der Waals surface area (Å²) in [6.45, 7) is -1.46. The minimum atomic E-state index is -4.90. The maximum atomic E-state index is 13.6. The summed E-state index contributed by atoms with van der Waals surface area (Å²) in [6, 6.07) is 0. The van der Waals surface area contributed by atoms with Gasteiger partial charge in [0.2, 0.25) is 11.9 Å². The zero-order chi connectivity index (χ0) is 30.1. The molecule has 2 saturated heterocycles. The standard InChI is InChI=1S/C20H26N11O10P/c21-13-7-14(27-19(22)26-13)30(3-24-7)17-11(35)9(33)6(41-17)2-39-42(37,38)12-10(34)5(1-32)40-18(12)31-4-25-8-15(31)28-20(23)29-16(8)36/h3-6,9-12,17-18,32-35H,1-2H2,(H,37,38)(H4,21,22,26,27)(H3,23,28,29,36)/t5-,6-,9-,10-,11-,12-,17-,18-/m1/s1. The van der Waals surface area contributed by atoms with Crippen LogP contribution in [0.4, 0.5) is 17.7 Å². The Bertz CT molecular complexity index is 1760. The third-order valence-electron chi connectivity index (χ3n) is 7.12. The van der Waals surface area contributed by atoms with Gasteiger partial charge in [0.05, 0.1) is 25.9 Å². The van der Waals surface area contributed by atoms with Gasteiger partial charge < -0.3 is 56.5 Å². The molecule has 21 nitrogen and oxygen atoms in total. The summed E-state index contributed by atoms with van der Waals surface area (Å²) in [5.41, 5.74) is 14.7. The lowest BCUT2D eigenvalue weighted by atomic mass is 10.1. The highest BCUT2D eigenvalue weighted by Gasteiger charge is 2.56. The number of ether oxygens (including phenoxy) is 2. The van der Waals surface area contributed by atoms with Crippen molar-refractivity contribution in [2.45, 2.75) is 48.6 Å². The van der Waals surface area contributed by atoms with E-state index in [9.17, 15) is 34.7 Å². The average Bonchev–Trinajstić information content (AvgIpc) is 3.68. The molecule has 0 radical (unpaired) electrons. The summed E-state index contributed by atoms with van der Waals surface area (Å²) < 4.78 is 32.6. The second kappa shape index (κ2) is 10.2. The first kappa shape index (κ1) is 28.3. The van der Waals surface area contributed by atoms with Crippen molar-refractivity contribution in [2.24, 2.45) is 0 Å². The Morgan fingerprint density at radius 2 is 1.57 bits per heavy atom. The summed E-state index contributed by atoms with van der Waals surface area (Å²) in [5.74, 6) is -0.460. The van der Waals surface area contributed by atoms with Crippen molar-refractivity contribution < 1.29 is 43.9 Å². The van der Waals surface area contributed by atoms with Crippen LogP contribution in [-0.2, 0) is 18.6 Å². The van der Waals surface area contributed by atoms with E-state index in [0.29, 0.717) is 0 Å². The Kier molecular flexibility index (Phi) is 6.87. The Morgan fingerprint density at radius 1 is 0.929 bits per heavy atom. The number of nitrogens with two attached hydrogens (primary N) is 3. The predicted octanol–water partition coefficient (Wildman–Crippen LogP) is -3.85. The van der Waals surface area contributed by atoms with Crippen LogP contribution >= 0.6 is 7.60 Å². The van der Waals surface area contributed by atoms with Crippen molar-refractivity contribution in [1.29, 1.82) is 0 Å². The number of nitrogens with one attached hydrogen (secondary N) is 1. The van der Waals surface area contributed by atoms with E-state index in [-0.39, 0.29) is 40.0 Å². The predicted molar refractivity (Wildman–Crippen MR) is 139 cm³/mol. The summed E-state index contributed by atoms with van der Waals surface area (Å²) >= 11 is 0. The van der Waals surface area contributed by atoms with Crippen LogP contribution in [0.2, 0.25) is 0 Å². The summed E-state index contributed by atoms with van der Waals surface area (Å²) in [7, 11) is -4.90. The maximum Gasteiger partial charge on any atom is 0.338 e. The van der Waals surface area contributed by atoms with Gasteiger partial charge in [-0.1, -0.05) is 0 Å². The molecule has 0 aromatic carbocycles. The van der Waals surface area contributed by atoms with E-state index >= 15 is 0 Å². The van der Waals surface area contributed by atoms with Crippen LogP contribution in [0, 0.1) is 0 Å². The number of anilines is 3. The molecular weight excluding hydrogens is 585 g/mol. The molecule has 0 bridgehead atoms. The molecule has 2 aliphatic rings. The van der Waals surface area contributed by atoms with Crippen molar-refractivity contribution in [1.82, 2.24) is 39.0 Å². The molecule has 22 heteroatoms. The van der Waals surface area contributed by atoms with E-state index in [1.54, 1.807) is 0 Å². The first-order valence-corrected chi connectivity index (χ1v) is 14.0. The van der Waals surface area contributed by atoms with Gasteiger partial charge >= 0.3 is 7.60 Å². The van der Waals surface area contributed by atoms with Crippen LogP contribution in [0.5, 0.6) is 0 Å². The maximum absolute atomic E-state index is 13.6. The first-order valence-electron chi connectivity index (χ1n) is 12.3. The van der Waals surface area contributed by atoms with Crippen molar-refractivity contribution in [3.05, 3.63) is 23.0 Å². The summed E-state index contributed by atoms with van der Waals surface area (Å²) in [4.78, 5) is 45.4. The van der Waals surface area contributed by atoms with Gasteiger partial charge in [0.25, 0.3) is 5.56 Å². The Labute approximate surface area is 233 Å². The van der Waals surface area contributed by atoms with Crippen LogP contribution in [0.3, 0.4) is 0 Å². The van der Waals surface area contributed by atoms with Crippen LogP contribution in [-0.4, -0.2) is 114 Å². The third-order valence-corrected chi connectivity index (χ3v) is 8.95. The second-order valence-corrected chi connectivity index (χ2v) is 11.7.